The van der Waals surface area contributed by atoms with Crippen LogP contribution in [0.1, 0.15) is 25.7 Å². The van der Waals surface area contributed by atoms with Gasteiger partial charge in [0.05, 0.1) is 6.61 Å². The lowest BCUT2D eigenvalue weighted by molar-refractivity contribution is 0.0207. The Morgan fingerprint density at radius 3 is 3.06 bits per heavy atom. The molecule has 0 aliphatic carbocycles. The van der Waals surface area contributed by atoms with Crippen LogP contribution < -0.4 is 5.32 Å². The third-order valence-corrected chi connectivity index (χ3v) is 4.54. The maximum atomic E-state index is 5.59. The molecular formula is C13H24N2O. The molecule has 1 N–H and O–H groups in total. The van der Waals surface area contributed by atoms with Gasteiger partial charge >= 0.3 is 0 Å². The second-order valence-corrected chi connectivity index (χ2v) is 5.71. The lowest BCUT2D eigenvalue weighted by Crippen LogP contribution is -2.47. The van der Waals surface area contributed by atoms with Crippen LogP contribution in [0.15, 0.2) is 0 Å². The van der Waals surface area contributed by atoms with E-state index < -0.39 is 0 Å². The van der Waals surface area contributed by atoms with Gasteiger partial charge in [-0.3, -0.25) is 4.90 Å². The van der Waals surface area contributed by atoms with E-state index in [1.165, 1.54) is 51.9 Å². The summed E-state index contributed by atoms with van der Waals surface area (Å²) in [6.07, 6.45) is 5.48. The van der Waals surface area contributed by atoms with Crippen LogP contribution >= 0.6 is 0 Å². The molecule has 3 heteroatoms. The first-order valence-electron chi connectivity index (χ1n) is 6.96. The topological polar surface area (TPSA) is 24.5 Å². The fourth-order valence-electron chi connectivity index (χ4n) is 3.67. The van der Waals surface area contributed by atoms with E-state index in [1.54, 1.807) is 0 Å². The van der Waals surface area contributed by atoms with Gasteiger partial charge in [0.25, 0.3) is 0 Å². The molecule has 3 unspecified atom stereocenters. The quantitative estimate of drug-likeness (QED) is 0.760. The molecule has 0 aromatic carbocycles. The van der Waals surface area contributed by atoms with Gasteiger partial charge < -0.3 is 10.1 Å². The van der Waals surface area contributed by atoms with Gasteiger partial charge in [-0.15, -0.1) is 0 Å². The minimum absolute atomic E-state index is 0.799. The summed E-state index contributed by atoms with van der Waals surface area (Å²) in [7, 11) is 0. The molecule has 0 amide bonds. The largest absolute Gasteiger partial charge is 0.381 e. The second-order valence-electron chi connectivity index (χ2n) is 5.71. The number of piperidine rings is 1. The van der Waals surface area contributed by atoms with Crippen LogP contribution in [-0.4, -0.2) is 50.3 Å². The van der Waals surface area contributed by atoms with Crippen LogP contribution in [0.5, 0.6) is 0 Å². The predicted octanol–water partition coefficient (Wildman–Crippen LogP) is 1.10. The maximum absolute atomic E-state index is 5.59. The fraction of sp³-hybridized carbons (Fsp3) is 1.00. The molecule has 3 rings (SSSR count). The minimum atomic E-state index is 0.799. The van der Waals surface area contributed by atoms with E-state index in [0.29, 0.717) is 0 Å². The normalized spacial score (nSPS) is 40.9. The number of hydrogen-bond donors (Lipinski definition) is 1. The van der Waals surface area contributed by atoms with Gasteiger partial charge in [0.15, 0.2) is 0 Å². The first kappa shape index (κ1) is 11.0. The standard InChI is InChI=1S/C13H24N2O/c1-4-12-7-14-8-13(12)15(5-1)9-11-3-2-6-16-10-11/h11-14H,1-10H2. The van der Waals surface area contributed by atoms with Crippen LogP contribution in [0.2, 0.25) is 0 Å². The molecule has 0 saturated carbocycles. The summed E-state index contributed by atoms with van der Waals surface area (Å²) in [5, 5.41) is 3.56. The number of fused-ring (bicyclic) bond motifs is 1. The maximum Gasteiger partial charge on any atom is 0.0506 e. The van der Waals surface area contributed by atoms with Crippen LogP contribution in [0.25, 0.3) is 0 Å². The molecule has 0 spiro atoms. The zero-order chi connectivity index (χ0) is 10.8. The summed E-state index contributed by atoms with van der Waals surface area (Å²) in [6, 6.07) is 0.829. The summed E-state index contributed by atoms with van der Waals surface area (Å²) < 4.78 is 5.59. The highest BCUT2D eigenvalue weighted by Crippen LogP contribution is 2.28. The van der Waals surface area contributed by atoms with Crippen molar-refractivity contribution in [2.24, 2.45) is 11.8 Å². The predicted molar refractivity (Wildman–Crippen MR) is 64.5 cm³/mol. The lowest BCUT2D eigenvalue weighted by atomic mass is 9.90. The highest BCUT2D eigenvalue weighted by molar-refractivity contribution is 4.92. The second kappa shape index (κ2) is 5.03. The van der Waals surface area contributed by atoms with E-state index in [0.717, 1.165) is 31.1 Å². The number of rotatable bonds is 2. The molecule has 0 radical (unpaired) electrons. The highest BCUT2D eigenvalue weighted by Gasteiger charge is 2.35. The smallest absolute Gasteiger partial charge is 0.0506 e. The molecule has 3 nitrogen and oxygen atoms in total. The van der Waals surface area contributed by atoms with E-state index in [9.17, 15) is 0 Å². The number of nitrogens with one attached hydrogen (secondary N) is 1. The molecule has 3 aliphatic rings. The molecule has 3 saturated heterocycles. The van der Waals surface area contributed by atoms with E-state index >= 15 is 0 Å². The van der Waals surface area contributed by atoms with Crippen molar-refractivity contribution in [1.29, 1.82) is 0 Å². The van der Waals surface area contributed by atoms with Crippen LogP contribution in [-0.2, 0) is 4.74 Å². The Bertz CT molecular complexity index is 228. The van der Waals surface area contributed by atoms with Crippen LogP contribution in [0, 0.1) is 11.8 Å². The Kier molecular flexibility index (Phi) is 3.46. The summed E-state index contributed by atoms with van der Waals surface area (Å²) in [4.78, 5) is 2.74. The Balaban J connectivity index is 1.56. The van der Waals surface area contributed by atoms with Crippen LogP contribution in [0.3, 0.4) is 0 Å². The Labute approximate surface area is 98.5 Å². The molecule has 92 valence electrons. The van der Waals surface area contributed by atoms with E-state index in [1.807, 2.05) is 0 Å². The number of likely N-dealkylation sites (tertiary alicyclic amines) is 1. The van der Waals surface area contributed by atoms with Crippen molar-refractivity contribution in [2.45, 2.75) is 31.7 Å². The first-order valence-corrected chi connectivity index (χ1v) is 6.96. The van der Waals surface area contributed by atoms with Crippen molar-refractivity contribution < 1.29 is 4.74 Å². The monoisotopic (exact) mass is 224 g/mol. The average Bonchev–Trinajstić information content (AvgIpc) is 2.80. The van der Waals surface area contributed by atoms with Gasteiger partial charge in [0.1, 0.15) is 0 Å². The van der Waals surface area contributed by atoms with E-state index in [-0.39, 0.29) is 0 Å². The van der Waals surface area contributed by atoms with Crippen molar-refractivity contribution >= 4 is 0 Å². The van der Waals surface area contributed by atoms with Crippen molar-refractivity contribution in [3.05, 3.63) is 0 Å². The number of ether oxygens (including phenoxy) is 1. The molecule has 16 heavy (non-hydrogen) atoms. The number of hydrogen-bond acceptors (Lipinski definition) is 3. The van der Waals surface area contributed by atoms with Crippen molar-refractivity contribution in [1.82, 2.24) is 10.2 Å². The summed E-state index contributed by atoms with van der Waals surface area (Å²) in [6.45, 7) is 7.06. The highest BCUT2D eigenvalue weighted by atomic mass is 16.5. The van der Waals surface area contributed by atoms with Gasteiger partial charge in [-0.05, 0) is 50.6 Å². The van der Waals surface area contributed by atoms with E-state index in [2.05, 4.69) is 10.2 Å². The molecule has 3 aliphatic heterocycles. The van der Waals surface area contributed by atoms with E-state index in [4.69, 9.17) is 4.74 Å². The summed E-state index contributed by atoms with van der Waals surface area (Å²) >= 11 is 0. The lowest BCUT2D eigenvalue weighted by Gasteiger charge is -2.39. The number of nitrogens with zero attached hydrogens (tertiary/aromatic N) is 1. The average molecular weight is 224 g/mol. The van der Waals surface area contributed by atoms with Crippen LogP contribution in [0.4, 0.5) is 0 Å². The molecule has 0 aromatic rings. The van der Waals surface area contributed by atoms with Gasteiger partial charge in [0, 0.05) is 25.7 Å². The molecule has 0 bridgehead atoms. The minimum Gasteiger partial charge on any atom is -0.381 e. The fourth-order valence-corrected chi connectivity index (χ4v) is 3.67. The first-order chi connectivity index (χ1) is 7.93. The molecule has 3 heterocycles. The van der Waals surface area contributed by atoms with Crippen molar-refractivity contribution in [3.8, 4) is 0 Å². The van der Waals surface area contributed by atoms with Gasteiger partial charge in [0.2, 0.25) is 0 Å². The summed E-state index contributed by atoms with van der Waals surface area (Å²) in [5.41, 5.74) is 0. The Hall–Kier alpha value is -0.120. The molecule has 3 fully saturated rings. The SMILES string of the molecule is C1COCC(CN2CCCC3CNCC32)C1. The van der Waals surface area contributed by atoms with Crippen molar-refractivity contribution in [3.63, 3.8) is 0 Å². The van der Waals surface area contributed by atoms with Gasteiger partial charge in [-0.25, -0.2) is 0 Å². The van der Waals surface area contributed by atoms with Gasteiger partial charge in [-0.1, -0.05) is 0 Å². The Morgan fingerprint density at radius 1 is 1.19 bits per heavy atom. The summed E-state index contributed by atoms with van der Waals surface area (Å²) in [5.74, 6) is 1.73. The molecular weight excluding hydrogens is 200 g/mol. The molecule has 0 aromatic heterocycles. The Morgan fingerprint density at radius 2 is 2.19 bits per heavy atom. The zero-order valence-corrected chi connectivity index (χ0v) is 10.2. The molecule has 3 atom stereocenters. The third-order valence-electron chi connectivity index (χ3n) is 4.54. The van der Waals surface area contributed by atoms with Gasteiger partial charge in [-0.2, -0.15) is 0 Å². The zero-order valence-electron chi connectivity index (χ0n) is 10.2. The third kappa shape index (κ3) is 2.27. The van der Waals surface area contributed by atoms with Crippen molar-refractivity contribution in [2.75, 3.05) is 39.4 Å².